The van der Waals surface area contributed by atoms with E-state index in [4.69, 9.17) is 12.2 Å². The van der Waals surface area contributed by atoms with Crippen molar-refractivity contribution in [2.24, 2.45) is 0 Å². The molecule has 1 aromatic heterocycles. The molecule has 0 unspecified atom stereocenters. The topological polar surface area (TPSA) is 48.6 Å². The molecule has 1 aromatic carbocycles. The summed E-state index contributed by atoms with van der Waals surface area (Å²) in [4.78, 5) is 16.6. The molecule has 0 amide bonds. The molecule has 0 aliphatic rings. The maximum absolute atomic E-state index is 11.2. The van der Waals surface area contributed by atoms with Crippen LogP contribution in [-0.2, 0) is 0 Å². The van der Waals surface area contributed by atoms with E-state index in [9.17, 15) is 4.79 Å². The number of hydrogen-bond donors (Lipinski definition) is 2. The second-order valence-electron chi connectivity index (χ2n) is 3.01. The van der Waals surface area contributed by atoms with Gasteiger partial charge in [-0.1, -0.05) is 28.1 Å². The number of H-pyrrole nitrogens is 2. The molecule has 1 heterocycles. The van der Waals surface area contributed by atoms with E-state index in [2.05, 4.69) is 25.9 Å². The van der Waals surface area contributed by atoms with Crippen molar-refractivity contribution in [2.45, 2.75) is 0 Å². The minimum absolute atomic E-state index is 0.200. The maximum Gasteiger partial charge on any atom is 0.252 e. The Morgan fingerprint density at radius 1 is 1.20 bits per heavy atom. The van der Waals surface area contributed by atoms with Crippen LogP contribution in [0.1, 0.15) is 0 Å². The van der Waals surface area contributed by atoms with Crippen LogP contribution in [0.3, 0.4) is 0 Å². The van der Waals surface area contributed by atoms with Crippen LogP contribution in [0.4, 0.5) is 0 Å². The first-order chi connectivity index (χ1) is 7.15. The molecule has 0 atom stereocenters. The zero-order chi connectivity index (χ0) is 10.8. The van der Waals surface area contributed by atoms with Gasteiger partial charge in [-0.3, -0.25) is 9.78 Å². The smallest absolute Gasteiger partial charge is 0.252 e. The molecule has 0 saturated carbocycles. The highest BCUT2D eigenvalue weighted by molar-refractivity contribution is 9.10. The van der Waals surface area contributed by atoms with Gasteiger partial charge in [0.05, 0.1) is 5.69 Å². The van der Waals surface area contributed by atoms with Gasteiger partial charge in [-0.15, -0.1) is 0 Å². The highest BCUT2D eigenvalue weighted by atomic mass is 79.9. The lowest BCUT2D eigenvalue weighted by Gasteiger charge is -2.01. The van der Waals surface area contributed by atoms with Crippen LogP contribution in [0.2, 0.25) is 0 Å². The summed E-state index contributed by atoms with van der Waals surface area (Å²) >= 11 is 8.27. The molecule has 2 N–H and O–H groups in total. The molecule has 3 nitrogen and oxygen atoms in total. The van der Waals surface area contributed by atoms with Crippen LogP contribution in [-0.4, -0.2) is 9.97 Å². The molecule has 0 bridgehead atoms. The average molecular weight is 283 g/mol. The minimum Gasteiger partial charge on any atom is -0.332 e. The third kappa shape index (κ3) is 2.43. The summed E-state index contributed by atoms with van der Waals surface area (Å²) in [5, 5.41) is 0. The molecule has 0 aliphatic carbocycles. The largest absolute Gasteiger partial charge is 0.332 e. The molecule has 2 rings (SSSR count). The Hall–Kier alpha value is -1.20. The van der Waals surface area contributed by atoms with Gasteiger partial charge in [0.15, 0.2) is 4.77 Å². The molecular weight excluding hydrogens is 276 g/mol. The van der Waals surface area contributed by atoms with Crippen molar-refractivity contribution < 1.29 is 0 Å². The van der Waals surface area contributed by atoms with Gasteiger partial charge in [0.1, 0.15) is 0 Å². The average Bonchev–Trinajstić information content (AvgIpc) is 2.16. The van der Waals surface area contributed by atoms with E-state index in [-0.39, 0.29) is 5.56 Å². The quantitative estimate of drug-likeness (QED) is 0.791. The van der Waals surface area contributed by atoms with Gasteiger partial charge < -0.3 is 4.98 Å². The molecule has 0 spiro atoms. The van der Waals surface area contributed by atoms with E-state index in [1.807, 2.05) is 24.3 Å². The summed E-state index contributed by atoms with van der Waals surface area (Å²) in [6, 6.07) is 9.13. The fourth-order valence-electron chi connectivity index (χ4n) is 1.28. The molecule has 5 heteroatoms. The van der Waals surface area contributed by atoms with Gasteiger partial charge in [0.25, 0.3) is 5.56 Å². The number of hydrogen-bond acceptors (Lipinski definition) is 2. The molecule has 0 fully saturated rings. The SMILES string of the molecule is O=c1cc(-c2cccc(Br)c2)[nH]c(=S)[nH]1. The number of benzene rings is 1. The van der Waals surface area contributed by atoms with E-state index >= 15 is 0 Å². The van der Waals surface area contributed by atoms with Gasteiger partial charge >= 0.3 is 0 Å². The standard InChI is InChI=1S/C10H7BrN2OS/c11-7-3-1-2-6(4-7)8-5-9(14)13-10(15)12-8/h1-5H,(H2,12,13,14,15). The minimum atomic E-state index is -0.200. The Morgan fingerprint density at radius 3 is 2.67 bits per heavy atom. The molecular formula is C10H7BrN2OS. The maximum atomic E-state index is 11.2. The van der Waals surface area contributed by atoms with E-state index in [0.29, 0.717) is 10.5 Å². The van der Waals surface area contributed by atoms with E-state index < -0.39 is 0 Å². The summed E-state index contributed by atoms with van der Waals surface area (Å²) < 4.78 is 1.29. The van der Waals surface area contributed by atoms with Crippen LogP contribution in [0.25, 0.3) is 11.3 Å². The van der Waals surface area contributed by atoms with Gasteiger partial charge in [-0.05, 0) is 29.9 Å². The molecule has 0 aliphatic heterocycles. The van der Waals surface area contributed by atoms with Crippen molar-refractivity contribution in [1.29, 1.82) is 0 Å². The van der Waals surface area contributed by atoms with Gasteiger partial charge in [0, 0.05) is 10.5 Å². The highest BCUT2D eigenvalue weighted by Crippen LogP contribution is 2.19. The third-order valence-electron chi connectivity index (χ3n) is 1.90. The Kier molecular flexibility index (Phi) is 2.83. The fraction of sp³-hybridized carbons (Fsp3) is 0. The summed E-state index contributed by atoms with van der Waals surface area (Å²) in [6.45, 7) is 0. The first kappa shape index (κ1) is 10.3. The molecule has 2 aromatic rings. The van der Waals surface area contributed by atoms with Crippen molar-refractivity contribution in [3.63, 3.8) is 0 Å². The van der Waals surface area contributed by atoms with Crippen molar-refractivity contribution in [3.05, 3.63) is 49.9 Å². The summed E-state index contributed by atoms with van der Waals surface area (Å²) in [5.74, 6) is 0. The van der Waals surface area contributed by atoms with Crippen molar-refractivity contribution >= 4 is 28.1 Å². The van der Waals surface area contributed by atoms with E-state index in [1.165, 1.54) is 6.07 Å². The second kappa shape index (κ2) is 4.12. The van der Waals surface area contributed by atoms with Gasteiger partial charge in [0.2, 0.25) is 0 Å². The van der Waals surface area contributed by atoms with Gasteiger partial charge in [-0.25, -0.2) is 0 Å². The summed E-state index contributed by atoms with van der Waals surface area (Å²) in [6.07, 6.45) is 0. The lowest BCUT2D eigenvalue weighted by molar-refractivity contribution is 1.09. The Labute approximate surface area is 99.3 Å². The fourth-order valence-corrected chi connectivity index (χ4v) is 1.89. The van der Waals surface area contributed by atoms with E-state index in [0.717, 1.165) is 10.0 Å². The normalized spacial score (nSPS) is 10.2. The van der Waals surface area contributed by atoms with Crippen LogP contribution in [0.15, 0.2) is 39.6 Å². The predicted molar refractivity (Wildman–Crippen MR) is 65.4 cm³/mol. The molecule has 76 valence electrons. The van der Waals surface area contributed by atoms with Crippen LogP contribution in [0.5, 0.6) is 0 Å². The molecule has 0 saturated heterocycles. The van der Waals surface area contributed by atoms with Crippen LogP contribution < -0.4 is 5.56 Å². The lowest BCUT2D eigenvalue weighted by Crippen LogP contribution is -2.06. The second-order valence-corrected chi connectivity index (χ2v) is 4.34. The zero-order valence-electron chi connectivity index (χ0n) is 7.58. The Balaban J connectivity index is 2.64. The Morgan fingerprint density at radius 2 is 2.00 bits per heavy atom. The summed E-state index contributed by atoms with van der Waals surface area (Å²) in [5.41, 5.74) is 1.43. The first-order valence-corrected chi connectivity index (χ1v) is 5.45. The highest BCUT2D eigenvalue weighted by Gasteiger charge is 1.99. The van der Waals surface area contributed by atoms with Gasteiger partial charge in [-0.2, -0.15) is 0 Å². The van der Waals surface area contributed by atoms with Crippen LogP contribution >= 0.6 is 28.1 Å². The first-order valence-electron chi connectivity index (χ1n) is 4.25. The zero-order valence-corrected chi connectivity index (χ0v) is 9.98. The van der Waals surface area contributed by atoms with Crippen LogP contribution in [0, 0.1) is 4.77 Å². The number of nitrogens with one attached hydrogen (secondary N) is 2. The summed E-state index contributed by atoms with van der Waals surface area (Å²) in [7, 11) is 0. The molecule has 15 heavy (non-hydrogen) atoms. The lowest BCUT2D eigenvalue weighted by atomic mass is 10.1. The number of aromatic amines is 2. The van der Waals surface area contributed by atoms with Crippen molar-refractivity contribution in [2.75, 3.05) is 0 Å². The number of rotatable bonds is 1. The Bertz CT molecular complexity index is 574. The number of halogens is 1. The third-order valence-corrected chi connectivity index (χ3v) is 2.59. The molecule has 0 radical (unpaired) electrons. The van der Waals surface area contributed by atoms with Crippen molar-refractivity contribution in [3.8, 4) is 11.3 Å². The van der Waals surface area contributed by atoms with Crippen molar-refractivity contribution in [1.82, 2.24) is 9.97 Å². The number of aromatic nitrogens is 2. The monoisotopic (exact) mass is 282 g/mol. The van der Waals surface area contributed by atoms with E-state index in [1.54, 1.807) is 0 Å². The predicted octanol–water partition coefficient (Wildman–Crippen LogP) is 2.86.